The van der Waals surface area contributed by atoms with Crippen LogP contribution in [0.5, 0.6) is 0 Å². The summed E-state index contributed by atoms with van der Waals surface area (Å²) in [5, 5.41) is 10.2. The number of H-pyrrole nitrogens is 1. The molecule has 0 spiro atoms. The second kappa shape index (κ2) is 4.69. The van der Waals surface area contributed by atoms with Crippen LogP contribution in [0.1, 0.15) is 44.0 Å². The molecular weight excluding hydrogens is 272 g/mol. The predicted molar refractivity (Wildman–Crippen MR) is 76.7 cm³/mol. The molecule has 2 atom stereocenters. The number of aromatic amines is 1. The van der Waals surface area contributed by atoms with Gasteiger partial charge in [-0.05, 0) is 49.7 Å². The molecule has 0 aliphatic heterocycles. The Morgan fingerprint density at radius 1 is 1.35 bits per heavy atom. The van der Waals surface area contributed by atoms with Crippen molar-refractivity contribution in [3.63, 3.8) is 0 Å². The van der Waals surface area contributed by atoms with Gasteiger partial charge in [-0.3, -0.25) is 9.89 Å². The summed E-state index contributed by atoms with van der Waals surface area (Å²) in [5.41, 5.74) is 0. The highest BCUT2D eigenvalue weighted by Crippen LogP contribution is 2.57. The maximum absolute atomic E-state index is 12.1. The van der Waals surface area contributed by atoms with Crippen molar-refractivity contribution in [1.29, 1.82) is 0 Å². The number of carbonyl (C=O) groups is 1. The normalized spacial score (nSPS) is 31.1. The number of nitrogens with one attached hydrogen (secondary N) is 2. The Morgan fingerprint density at radius 2 is 2.10 bits per heavy atom. The minimum Gasteiger partial charge on any atom is -0.355 e. The van der Waals surface area contributed by atoms with Gasteiger partial charge in [0, 0.05) is 24.9 Å². The molecule has 6 heteroatoms. The van der Waals surface area contributed by atoms with Crippen LogP contribution in [0, 0.1) is 22.5 Å². The third-order valence-electron chi connectivity index (χ3n) is 5.05. The van der Waals surface area contributed by atoms with Crippen molar-refractivity contribution < 1.29 is 4.79 Å². The molecular formula is C14H20N4OS. The van der Waals surface area contributed by atoms with Gasteiger partial charge in [0.1, 0.15) is 5.82 Å². The lowest BCUT2D eigenvalue weighted by Crippen LogP contribution is -2.29. The van der Waals surface area contributed by atoms with Crippen molar-refractivity contribution in [2.45, 2.75) is 44.6 Å². The summed E-state index contributed by atoms with van der Waals surface area (Å²) in [7, 11) is 0. The SMILES string of the molecule is O=C(NCCc1n[nH]c(=S)n1C1CC1)C1C2CCCC21. The van der Waals surface area contributed by atoms with E-state index < -0.39 is 0 Å². The van der Waals surface area contributed by atoms with Gasteiger partial charge in [-0.25, -0.2) is 0 Å². The lowest BCUT2D eigenvalue weighted by molar-refractivity contribution is -0.123. The Hall–Kier alpha value is -1.17. The summed E-state index contributed by atoms with van der Waals surface area (Å²) in [5.74, 6) is 2.93. The maximum Gasteiger partial charge on any atom is 0.223 e. The Labute approximate surface area is 123 Å². The van der Waals surface area contributed by atoms with Crippen LogP contribution < -0.4 is 5.32 Å². The van der Waals surface area contributed by atoms with Crippen molar-refractivity contribution in [2.24, 2.45) is 17.8 Å². The van der Waals surface area contributed by atoms with E-state index in [4.69, 9.17) is 12.2 Å². The maximum atomic E-state index is 12.1. The molecule has 3 aliphatic rings. The highest BCUT2D eigenvalue weighted by molar-refractivity contribution is 7.71. The van der Waals surface area contributed by atoms with Gasteiger partial charge in [-0.15, -0.1) is 0 Å². The number of amides is 1. The highest BCUT2D eigenvalue weighted by Gasteiger charge is 2.56. The summed E-state index contributed by atoms with van der Waals surface area (Å²) in [6.07, 6.45) is 6.97. The van der Waals surface area contributed by atoms with Gasteiger partial charge in [0.25, 0.3) is 0 Å². The zero-order chi connectivity index (χ0) is 13.7. The van der Waals surface area contributed by atoms with E-state index in [0.29, 0.717) is 35.1 Å². The molecule has 5 nitrogen and oxygen atoms in total. The first-order chi connectivity index (χ1) is 9.75. The molecule has 4 rings (SSSR count). The minimum absolute atomic E-state index is 0.256. The van der Waals surface area contributed by atoms with Crippen molar-refractivity contribution in [3.8, 4) is 0 Å². The van der Waals surface area contributed by atoms with E-state index in [1.807, 2.05) is 0 Å². The van der Waals surface area contributed by atoms with Crippen LogP contribution in [-0.2, 0) is 11.2 Å². The predicted octanol–water partition coefficient (Wildman–Crippen LogP) is 1.98. The molecule has 0 saturated heterocycles. The molecule has 1 aromatic heterocycles. The number of carbonyl (C=O) groups excluding carboxylic acids is 1. The molecule has 2 N–H and O–H groups in total. The molecule has 1 heterocycles. The molecule has 1 aromatic rings. The molecule has 1 amide bonds. The van der Waals surface area contributed by atoms with E-state index in [1.165, 1.54) is 32.1 Å². The first kappa shape index (κ1) is 12.6. The first-order valence-corrected chi connectivity index (χ1v) is 8.10. The van der Waals surface area contributed by atoms with Crippen LogP contribution in [-0.4, -0.2) is 27.2 Å². The molecule has 0 bridgehead atoms. The standard InChI is InChI=1S/C14H20N4OS/c19-13(12-9-2-1-3-10(9)12)15-7-6-11-16-17-14(20)18(11)8-4-5-8/h8-10,12H,1-7H2,(H,15,19)(H,17,20). The number of fused-ring (bicyclic) bond motifs is 1. The van der Waals surface area contributed by atoms with Gasteiger partial charge in [0.15, 0.2) is 4.77 Å². The van der Waals surface area contributed by atoms with E-state index in [-0.39, 0.29) is 5.91 Å². The summed E-state index contributed by atoms with van der Waals surface area (Å²) in [6, 6.07) is 0.537. The smallest absolute Gasteiger partial charge is 0.223 e. The first-order valence-electron chi connectivity index (χ1n) is 7.69. The molecule has 3 saturated carbocycles. The Bertz CT molecular complexity index is 578. The fraction of sp³-hybridized carbons (Fsp3) is 0.786. The average molecular weight is 292 g/mol. The van der Waals surface area contributed by atoms with E-state index in [2.05, 4.69) is 20.1 Å². The molecule has 20 heavy (non-hydrogen) atoms. The van der Waals surface area contributed by atoms with E-state index in [1.54, 1.807) is 0 Å². The Morgan fingerprint density at radius 3 is 2.80 bits per heavy atom. The van der Waals surface area contributed by atoms with E-state index in [0.717, 1.165) is 12.2 Å². The van der Waals surface area contributed by atoms with Crippen LogP contribution >= 0.6 is 12.2 Å². The van der Waals surface area contributed by atoms with Crippen LogP contribution in [0.25, 0.3) is 0 Å². The second-order valence-corrected chi connectivity index (χ2v) is 6.76. The van der Waals surface area contributed by atoms with Crippen molar-refractivity contribution in [2.75, 3.05) is 6.54 Å². The largest absolute Gasteiger partial charge is 0.355 e. The van der Waals surface area contributed by atoms with Gasteiger partial charge < -0.3 is 9.88 Å². The van der Waals surface area contributed by atoms with Crippen molar-refractivity contribution >= 4 is 18.1 Å². The molecule has 0 aromatic carbocycles. The summed E-state index contributed by atoms with van der Waals surface area (Å²) < 4.78 is 2.83. The quantitative estimate of drug-likeness (QED) is 0.816. The average Bonchev–Trinajstić information content (AvgIpc) is 3.32. The molecule has 3 aliphatic carbocycles. The molecule has 108 valence electrons. The van der Waals surface area contributed by atoms with Crippen LogP contribution in [0.15, 0.2) is 0 Å². The number of nitrogens with zero attached hydrogens (tertiary/aromatic N) is 2. The Balaban J connectivity index is 1.31. The van der Waals surface area contributed by atoms with Gasteiger partial charge >= 0.3 is 0 Å². The van der Waals surface area contributed by atoms with Crippen LogP contribution in [0.4, 0.5) is 0 Å². The third-order valence-corrected chi connectivity index (χ3v) is 5.33. The Kier molecular flexibility index (Phi) is 2.94. The second-order valence-electron chi connectivity index (χ2n) is 6.37. The van der Waals surface area contributed by atoms with Gasteiger partial charge in [-0.2, -0.15) is 5.10 Å². The topological polar surface area (TPSA) is 62.7 Å². The zero-order valence-electron chi connectivity index (χ0n) is 11.5. The number of hydrogen-bond donors (Lipinski definition) is 2. The van der Waals surface area contributed by atoms with E-state index >= 15 is 0 Å². The fourth-order valence-corrected chi connectivity index (χ4v) is 4.15. The van der Waals surface area contributed by atoms with Gasteiger partial charge in [-0.1, -0.05) is 6.42 Å². The lowest BCUT2D eigenvalue weighted by Gasteiger charge is -2.07. The number of hydrogen-bond acceptors (Lipinski definition) is 3. The lowest BCUT2D eigenvalue weighted by atomic mass is 10.1. The molecule has 0 radical (unpaired) electrons. The molecule has 2 unspecified atom stereocenters. The summed E-state index contributed by atoms with van der Waals surface area (Å²) in [6.45, 7) is 0.668. The van der Waals surface area contributed by atoms with Crippen molar-refractivity contribution in [1.82, 2.24) is 20.1 Å². The summed E-state index contributed by atoms with van der Waals surface area (Å²) in [4.78, 5) is 12.1. The van der Waals surface area contributed by atoms with Crippen LogP contribution in [0.2, 0.25) is 0 Å². The van der Waals surface area contributed by atoms with Gasteiger partial charge in [0.2, 0.25) is 5.91 Å². The van der Waals surface area contributed by atoms with Crippen LogP contribution in [0.3, 0.4) is 0 Å². The monoisotopic (exact) mass is 292 g/mol. The number of aromatic nitrogens is 3. The minimum atomic E-state index is 0.256. The highest BCUT2D eigenvalue weighted by atomic mass is 32.1. The zero-order valence-corrected chi connectivity index (χ0v) is 12.3. The molecule has 3 fully saturated rings. The number of rotatable bonds is 5. The fourth-order valence-electron chi connectivity index (χ4n) is 3.85. The third kappa shape index (κ3) is 2.10. The van der Waals surface area contributed by atoms with Crippen molar-refractivity contribution in [3.05, 3.63) is 10.6 Å². The van der Waals surface area contributed by atoms with Gasteiger partial charge in [0.05, 0.1) is 0 Å². The van der Waals surface area contributed by atoms with E-state index in [9.17, 15) is 4.79 Å². The summed E-state index contributed by atoms with van der Waals surface area (Å²) >= 11 is 5.25.